The van der Waals surface area contributed by atoms with Crippen LogP contribution in [0.1, 0.15) is 80.7 Å². The van der Waals surface area contributed by atoms with Gasteiger partial charge in [0.05, 0.1) is 0 Å². The minimum absolute atomic E-state index is 0.289. The highest BCUT2D eigenvalue weighted by Gasteiger charge is 2.55. The van der Waals surface area contributed by atoms with E-state index in [-0.39, 0.29) is 5.41 Å². The molecule has 0 unspecified atom stereocenters. The summed E-state index contributed by atoms with van der Waals surface area (Å²) < 4.78 is 16.6. The van der Waals surface area contributed by atoms with E-state index in [9.17, 15) is 0 Å². The van der Waals surface area contributed by atoms with Crippen molar-refractivity contribution in [1.29, 1.82) is 0 Å². The van der Waals surface area contributed by atoms with Gasteiger partial charge < -0.3 is 0 Å². The van der Waals surface area contributed by atoms with Gasteiger partial charge in [-0.2, -0.15) is 0 Å². The normalized spacial score (nSPS) is 57.2. The first-order valence-corrected chi connectivity index (χ1v) is 8.54. The topological polar surface area (TPSA) is 0 Å². The fourth-order valence-corrected chi connectivity index (χ4v) is 6.28. The van der Waals surface area contributed by atoms with Gasteiger partial charge in [-0.25, -0.2) is 0 Å². The van der Waals surface area contributed by atoms with E-state index in [1.807, 2.05) is 0 Å². The number of hydrogen-bond acceptors (Lipinski definition) is 0. The summed E-state index contributed by atoms with van der Waals surface area (Å²) in [6.07, 6.45) is 12.6. The fraction of sp³-hybridized carbons (Fsp3) is 0.895. The van der Waals surface area contributed by atoms with Crippen LogP contribution in [-0.4, -0.2) is 0 Å². The predicted octanol–water partition coefficient (Wildman–Crippen LogP) is 5.73. The van der Waals surface area contributed by atoms with Crippen LogP contribution in [0.5, 0.6) is 0 Å². The van der Waals surface area contributed by atoms with E-state index >= 15 is 0 Å². The minimum atomic E-state index is -0.905. The molecule has 0 nitrogen and oxygen atoms in total. The van der Waals surface area contributed by atoms with Crippen LogP contribution in [0.25, 0.3) is 0 Å². The highest BCUT2D eigenvalue weighted by Crippen LogP contribution is 2.65. The third-order valence-electron chi connectivity index (χ3n) is 7.44. The Hall–Kier alpha value is -0.260. The van der Waals surface area contributed by atoms with E-state index in [0.717, 1.165) is 24.7 Å². The molecule has 3 fully saturated rings. The molecule has 3 saturated carbocycles. The average Bonchev–Trinajstić information content (AvgIpc) is 2.66. The molecule has 0 bridgehead atoms. The zero-order valence-electron chi connectivity index (χ0n) is 14.7. The highest BCUT2D eigenvalue weighted by atomic mass is 14.6. The summed E-state index contributed by atoms with van der Waals surface area (Å²) in [6, 6.07) is 0. The van der Waals surface area contributed by atoms with Gasteiger partial charge in [0.2, 0.25) is 0 Å². The van der Waals surface area contributed by atoms with Gasteiger partial charge >= 0.3 is 0 Å². The first kappa shape index (κ1) is 10.5. The predicted molar refractivity (Wildman–Crippen MR) is 80.9 cm³/mol. The van der Waals surface area contributed by atoms with E-state index in [2.05, 4.69) is 19.9 Å². The summed E-state index contributed by atoms with van der Waals surface area (Å²) in [5.74, 6) is 2.28. The molecule has 4 aliphatic carbocycles. The molecule has 0 aliphatic heterocycles. The SMILES string of the molecule is [2H]C1([2H])C[C@H]2[C@@H]3CCC4=CCCC[C@]4(C)[C@H]3CC[C@]2(C)C1. The lowest BCUT2D eigenvalue weighted by molar-refractivity contribution is -0.0360. The second kappa shape index (κ2) is 4.12. The van der Waals surface area contributed by atoms with E-state index in [4.69, 9.17) is 2.74 Å². The van der Waals surface area contributed by atoms with Crippen molar-refractivity contribution in [2.75, 3.05) is 0 Å². The van der Waals surface area contributed by atoms with Crippen molar-refractivity contribution in [2.45, 2.75) is 78.0 Å². The molecule has 5 atom stereocenters. The van der Waals surface area contributed by atoms with Crippen LogP contribution in [-0.2, 0) is 0 Å². The highest BCUT2D eigenvalue weighted by molar-refractivity contribution is 5.23. The number of allylic oxidation sites excluding steroid dienone is 2. The van der Waals surface area contributed by atoms with Crippen molar-refractivity contribution in [1.82, 2.24) is 0 Å². The first-order chi connectivity index (χ1) is 9.84. The zero-order valence-corrected chi connectivity index (χ0v) is 12.7. The van der Waals surface area contributed by atoms with Gasteiger partial charge in [-0.05, 0) is 86.4 Å². The molecule has 4 aliphatic rings. The second-order valence-electron chi connectivity index (χ2n) is 8.28. The molecule has 0 amide bonds. The molecule has 0 N–H and O–H groups in total. The Balaban J connectivity index is 1.68. The van der Waals surface area contributed by atoms with Gasteiger partial charge in [-0.3, -0.25) is 0 Å². The molecular formula is C19H30. The lowest BCUT2D eigenvalue weighted by Crippen LogP contribution is -2.48. The molecule has 0 spiro atoms. The largest absolute Gasteiger partial charge is 0.0848 e. The Morgan fingerprint density at radius 2 is 2.00 bits per heavy atom. The summed E-state index contributed by atoms with van der Waals surface area (Å²) >= 11 is 0. The van der Waals surface area contributed by atoms with E-state index in [1.165, 1.54) is 44.9 Å². The summed E-state index contributed by atoms with van der Waals surface area (Å²) in [5.41, 5.74) is 2.51. The molecule has 0 heteroatoms. The van der Waals surface area contributed by atoms with Crippen LogP contribution in [0, 0.1) is 28.6 Å². The van der Waals surface area contributed by atoms with Crippen LogP contribution in [0.3, 0.4) is 0 Å². The molecular weight excluding hydrogens is 228 g/mol. The molecule has 4 rings (SSSR count). The molecule has 19 heavy (non-hydrogen) atoms. The summed E-state index contributed by atoms with van der Waals surface area (Å²) in [6.45, 7) is 4.94. The smallest absolute Gasteiger partial charge is 0.0267 e. The molecule has 0 aromatic carbocycles. The lowest BCUT2D eigenvalue weighted by Gasteiger charge is -2.57. The van der Waals surface area contributed by atoms with Crippen LogP contribution >= 0.6 is 0 Å². The Bertz CT molecular complexity index is 480. The van der Waals surface area contributed by atoms with Gasteiger partial charge in [0.15, 0.2) is 0 Å². The summed E-state index contributed by atoms with van der Waals surface area (Å²) in [5, 5.41) is 0. The van der Waals surface area contributed by atoms with Crippen LogP contribution in [0.4, 0.5) is 0 Å². The van der Waals surface area contributed by atoms with Crippen molar-refractivity contribution in [3.05, 3.63) is 11.6 Å². The average molecular weight is 260 g/mol. The Morgan fingerprint density at radius 1 is 1.11 bits per heavy atom. The third kappa shape index (κ3) is 1.64. The van der Waals surface area contributed by atoms with Crippen molar-refractivity contribution >= 4 is 0 Å². The Morgan fingerprint density at radius 3 is 2.89 bits per heavy atom. The Kier molecular flexibility index (Phi) is 2.27. The van der Waals surface area contributed by atoms with Crippen LogP contribution in [0.2, 0.25) is 0 Å². The van der Waals surface area contributed by atoms with Crippen LogP contribution < -0.4 is 0 Å². The number of fused-ring (bicyclic) bond motifs is 5. The lowest BCUT2D eigenvalue weighted by atomic mass is 9.47. The van der Waals surface area contributed by atoms with Gasteiger partial charge in [0, 0.05) is 2.74 Å². The van der Waals surface area contributed by atoms with E-state index in [1.54, 1.807) is 5.57 Å². The van der Waals surface area contributed by atoms with Crippen molar-refractivity contribution < 1.29 is 2.74 Å². The van der Waals surface area contributed by atoms with Crippen molar-refractivity contribution in [3.63, 3.8) is 0 Å². The summed E-state index contributed by atoms with van der Waals surface area (Å²) in [7, 11) is 0. The molecule has 0 saturated heterocycles. The standard InChI is InChI=1S/C19H30/c1-18-11-5-7-16(18)15-9-8-14-6-3-4-12-19(14,2)17(15)10-13-18/h6,15-17H,3-5,7-13H2,1-2H3/t15-,16-,17-,18-,19-/m0/s1/i5D2. The van der Waals surface area contributed by atoms with Gasteiger partial charge in [0.25, 0.3) is 0 Å². The van der Waals surface area contributed by atoms with Gasteiger partial charge in [-0.15, -0.1) is 0 Å². The van der Waals surface area contributed by atoms with Crippen LogP contribution in [0.15, 0.2) is 11.6 Å². The fourth-order valence-electron chi connectivity index (χ4n) is 6.28. The minimum Gasteiger partial charge on any atom is -0.0848 e. The number of rotatable bonds is 0. The maximum atomic E-state index is 8.30. The molecule has 0 aromatic rings. The third-order valence-corrected chi connectivity index (χ3v) is 7.44. The maximum Gasteiger partial charge on any atom is 0.0267 e. The maximum absolute atomic E-state index is 8.30. The molecule has 0 radical (unpaired) electrons. The van der Waals surface area contributed by atoms with Gasteiger partial charge in [-0.1, -0.05) is 31.9 Å². The molecule has 106 valence electrons. The Labute approximate surface area is 121 Å². The van der Waals surface area contributed by atoms with E-state index in [0.29, 0.717) is 11.3 Å². The molecule has 0 aromatic heterocycles. The summed E-state index contributed by atoms with van der Waals surface area (Å²) in [4.78, 5) is 0. The first-order valence-electron chi connectivity index (χ1n) is 9.54. The van der Waals surface area contributed by atoms with Crippen molar-refractivity contribution in [2.24, 2.45) is 28.6 Å². The quantitative estimate of drug-likeness (QED) is 0.488. The van der Waals surface area contributed by atoms with E-state index < -0.39 is 6.37 Å². The zero-order chi connectivity index (χ0) is 14.9. The number of hydrogen-bond donors (Lipinski definition) is 0. The van der Waals surface area contributed by atoms with Gasteiger partial charge in [0.1, 0.15) is 0 Å². The monoisotopic (exact) mass is 260 g/mol. The molecule has 0 heterocycles. The second-order valence-corrected chi connectivity index (χ2v) is 8.28. The van der Waals surface area contributed by atoms with Crippen molar-refractivity contribution in [3.8, 4) is 0 Å².